The first kappa shape index (κ1) is 22.2. The minimum Gasteiger partial charge on any atom is -0.493 e. The van der Waals surface area contributed by atoms with Crippen LogP contribution in [0.2, 0.25) is 0 Å². The highest BCUT2D eigenvalue weighted by molar-refractivity contribution is 5.70. The first-order valence-corrected chi connectivity index (χ1v) is 11.2. The van der Waals surface area contributed by atoms with Crippen molar-refractivity contribution < 1.29 is 14.2 Å². The molecule has 1 aliphatic heterocycles. The third kappa shape index (κ3) is 4.60. The summed E-state index contributed by atoms with van der Waals surface area (Å²) in [6, 6.07) is 4.48. The van der Waals surface area contributed by atoms with Gasteiger partial charge in [0.25, 0.3) is 0 Å². The van der Waals surface area contributed by atoms with Crippen molar-refractivity contribution in [3.05, 3.63) is 42.1 Å². The third-order valence-corrected chi connectivity index (χ3v) is 6.42. The first-order chi connectivity index (χ1) is 15.6. The molecule has 0 bridgehead atoms. The fourth-order valence-electron chi connectivity index (χ4n) is 4.65. The number of benzene rings is 1. The van der Waals surface area contributed by atoms with Gasteiger partial charge < -0.3 is 18.8 Å². The molecule has 8 nitrogen and oxygen atoms in total. The maximum atomic E-state index is 5.54. The van der Waals surface area contributed by atoms with Gasteiger partial charge in [-0.1, -0.05) is 6.42 Å². The van der Waals surface area contributed by atoms with Crippen molar-refractivity contribution in [3.8, 4) is 28.5 Å². The van der Waals surface area contributed by atoms with Crippen molar-refractivity contribution in [1.29, 1.82) is 0 Å². The molecule has 3 aromatic rings. The molecule has 0 aliphatic carbocycles. The van der Waals surface area contributed by atoms with E-state index in [1.165, 1.54) is 24.8 Å². The normalized spacial score (nSPS) is 16.8. The van der Waals surface area contributed by atoms with Crippen molar-refractivity contribution >= 4 is 0 Å². The van der Waals surface area contributed by atoms with Crippen LogP contribution in [-0.2, 0) is 13.1 Å². The number of methoxy groups -OCH3 is 3. The van der Waals surface area contributed by atoms with Gasteiger partial charge in [0.05, 0.1) is 33.2 Å². The van der Waals surface area contributed by atoms with E-state index in [-0.39, 0.29) is 0 Å². The third-order valence-electron chi connectivity index (χ3n) is 6.42. The molecule has 1 aromatic carbocycles. The lowest BCUT2D eigenvalue weighted by atomic mass is 9.98. The van der Waals surface area contributed by atoms with Gasteiger partial charge in [-0.2, -0.15) is 5.10 Å². The van der Waals surface area contributed by atoms with Crippen LogP contribution < -0.4 is 14.2 Å². The van der Waals surface area contributed by atoms with Crippen LogP contribution in [0.4, 0.5) is 0 Å². The number of piperidine rings is 1. The summed E-state index contributed by atoms with van der Waals surface area (Å²) >= 11 is 0. The Hall–Kier alpha value is -3.00. The zero-order valence-corrected chi connectivity index (χ0v) is 19.4. The van der Waals surface area contributed by atoms with Gasteiger partial charge in [-0.05, 0) is 44.9 Å². The Morgan fingerprint density at radius 2 is 1.88 bits per heavy atom. The smallest absolute Gasteiger partial charge is 0.203 e. The fraction of sp³-hybridized carbons (Fsp3) is 0.500. The Morgan fingerprint density at radius 3 is 2.53 bits per heavy atom. The minimum absolute atomic E-state index is 0.549. The maximum Gasteiger partial charge on any atom is 0.203 e. The first-order valence-electron chi connectivity index (χ1n) is 11.2. The van der Waals surface area contributed by atoms with E-state index in [1.807, 2.05) is 24.5 Å². The summed E-state index contributed by atoms with van der Waals surface area (Å²) in [4.78, 5) is 6.95. The number of imidazole rings is 1. The summed E-state index contributed by atoms with van der Waals surface area (Å²) in [5.74, 6) is 2.93. The van der Waals surface area contributed by atoms with Crippen LogP contribution in [0.5, 0.6) is 17.2 Å². The summed E-state index contributed by atoms with van der Waals surface area (Å²) in [5.41, 5.74) is 3.12. The van der Waals surface area contributed by atoms with Gasteiger partial charge >= 0.3 is 0 Å². The quantitative estimate of drug-likeness (QED) is 0.542. The summed E-state index contributed by atoms with van der Waals surface area (Å²) in [5, 5.41) is 7.55. The van der Waals surface area contributed by atoms with Gasteiger partial charge in [0.15, 0.2) is 11.5 Å². The fourth-order valence-corrected chi connectivity index (χ4v) is 4.65. The van der Waals surface area contributed by atoms with E-state index in [0.717, 1.165) is 43.1 Å². The molecule has 1 saturated heterocycles. The number of aromatic nitrogens is 4. The van der Waals surface area contributed by atoms with Gasteiger partial charge in [-0.25, -0.2) is 4.98 Å². The molecular weight excluding hydrogens is 406 g/mol. The van der Waals surface area contributed by atoms with Crippen LogP contribution in [-0.4, -0.2) is 58.6 Å². The lowest BCUT2D eigenvalue weighted by molar-refractivity contribution is 0.128. The molecule has 0 amide bonds. The van der Waals surface area contributed by atoms with Gasteiger partial charge in [-0.3, -0.25) is 10.00 Å². The Kier molecular flexibility index (Phi) is 6.99. The van der Waals surface area contributed by atoms with Crippen molar-refractivity contribution in [2.75, 3.05) is 27.9 Å². The molecule has 2 aromatic heterocycles. The van der Waals surface area contributed by atoms with E-state index < -0.39 is 0 Å². The number of H-pyrrole nitrogens is 1. The van der Waals surface area contributed by atoms with Crippen LogP contribution in [0, 0.1) is 6.92 Å². The van der Waals surface area contributed by atoms with Crippen molar-refractivity contribution in [2.45, 2.75) is 51.7 Å². The van der Waals surface area contributed by atoms with E-state index in [4.69, 9.17) is 14.2 Å². The van der Waals surface area contributed by atoms with E-state index in [1.54, 1.807) is 21.3 Å². The van der Waals surface area contributed by atoms with E-state index in [0.29, 0.717) is 23.3 Å². The molecule has 32 heavy (non-hydrogen) atoms. The number of hydrogen-bond acceptors (Lipinski definition) is 6. The monoisotopic (exact) mass is 439 g/mol. The number of ether oxygens (including phenoxy) is 3. The van der Waals surface area contributed by atoms with Gasteiger partial charge in [0.2, 0.25) is 5.75 Å². The Bertz CT molecular complexity index is 1000. The second kappa shape index (κ2) is 10.1. The number of aromatic amines is 1. The second-order valence-electron chi connectivity index (χ2n) is 8.26. The van der Waals surface area contributed by atoms with Crippen LogP contribution >= 0.6 is 0 Å². The molecule has 8 heteroatoms. The molecule has 1 atom stereocenters. The number of rotatable bonds is 9. The summed E-state index contributed by atoms with van der Waals surface area (Å²) in [6.45, 7) is 5.02. The lowest BCUT2D eigenvalue weighted by Gasteiger charge is -2.36. The molecule has 0 saturated carbocycles. The number of aryl methyl sites for hydroxylation is 2. The largest absolute Gasteiger partial charge is 0.493 e. The number of nitrogens with one attached hydrogen (secondary N) is 1. The average Bonchev–Trinajstić information content (AvgIpc) is 3.46. The van der Waals surface area contributed by atoms with Crippen molar-refractivity contribution in [2.24, 2.45) is 0 Å². The standard InChI is InChI=1S/C24H33N5O3/c1-17-25-9-12-28(17)11-8-20-7-5-6-10-29(20)16-19-15-26-27-23(19)18-13-21(30-2)24(32-4)22(14-18)31-3/h9,12-15,20H,5-8,10-11,16H2,1-4H3,(H,26,27)/t20-/m1/s1. The lowest BCUT2D eigenvalue weighted by Crippen LogP contribution is -2.39. The van der Waals surface area contributed by atoms with Crippen molar-refractivity contribution in [3.63, 3.8) is 0 Å². The summed E-state index contributed by atoms with van der Waals surface area (Å²) in [7, 11) is 4.88. The molecule has 0 radical (unpaired) electrons. The average molecular weight is 440 g/mol. The topological polar surface area (TPSA) is 77.4 Å². The van der Waals surface area contributed by atoms with Crippen molar-refractivity contribution in [1.82, 2.24) is 24.6 Å². The molecule has 1 aliphatic rings. The second-order valence-corrected chi connectivity index (χ2v) is 8.26. The molecule has 4 rings (SSSR count). The highest BCUT2D eigenvalue weighted by Crippen LogP contribution is 2.41. The highest BCUT2D eigenvalue weighted by Gasteiger charge is 2.25. The summed E-state index contributed by atoms with van der Waals surface area (Å²) in [6.07, 6.45) is 10.8. The molecule has 0 unspecified atom stereocenters. The predicted molar refractivity (Wildman–Crippen MR) is 123 cm³/mol. The minimum atomic E-state index is 0.549. The predicted octanol–water partition coefficient (Wildman–Crippen LogP) is 4.05. The van der Waals surface area contributed by atoms with E-state index >= 15 is 0 Å². The van der Waals surface area contributed by atoms with Gasteiger partial charge in [0, 0.05) is 42.7 Å². The molecule has 3 heterocycles. The molecule has 1 fully saturated rings. The van der Waals surface area contributed by atoms with Crippen LogP contribution in [0.1, 0.15) is 37.1 Å². The molecule has 0 spiro atoms. The highest BCUT2D eigenvalue weighted by atomic mass is 16.5. The SMILES string of the molecule is COc1cc(-c2[nH]ncc2CN2CCCC[C@@H]2CCn2ccnc2C)cc(OC)c1OC. The molecule has 172 valence electrons. The Morgan fingerprint density at radius 1 is 1.09 bits per heavy atom. The zero-order chi connectivity index (χ0) is 22.5. The van der Waals surface area contributed by atoms with Crippen LogP contribution in [0.3, 0.4) is 0 Å². The molecule has 1 N–H and O–H groups in total. The van der Waals surface area contributed by atoms with Crippen LogP contribution in [0.15, 0.2) is 30.7 Å². The Balaban J connectivity index is 1.54. The van der Waals surface area contributed by atoms with Gasteiger partial charge in [-0.15, -0.1) is 0 Å². The number of likely N-dealkylation sites (tertiary alicyclic amines) is 1. The zero-order valence-electron chi connectivity index (χ0n) is 19.4. The maximum absolute atomic E-state index is 5.54. The number of hydrogen-bond donors (Lipinski definition) is 1. The van der Waals surface area contributed by atoms with Crippen LogP contribution in [0.25, 0.3) is 11.3 Å². The van der Waals surface area contributed by atoms with Gasteiger partial charge in [0.1, 0.15) is 5.82 Å². The number of nitrogens with zero attached hydrogens (tertiary/aromatic N) is 4. The van der Waals surface area contributed by atoms with E-state index in [2.05, 4.69) is 37.8 Å². The Labute approximate surface area is 189 Å². The molecular formula is C24H33N5O3. The summed E-state index contributed by atoms with van der Waals surface area (Å²) < 4.78 is 18.8. The van der Waals surface area contributed by atoms with E-state index in [9.17, 15) is 0 Å².